The molecule has 0 fully saturated rings. The zero-order valence-corrected chi connectivity index (χ0v) is 14.0. The second-order valence-corrected chi connectivity index (χ2v) is 6.26. The van der Waals surface area contributed by atoms with Gasteiger partial charge in [0.15, 0.2) is 0 Å². The summed E-state index contributed by atoms with van der Waals surface area (Å²) in [4.78, 5) is 16.3. The van der Waals surface area contributed by atoms with Gasteiger partial charge >= 0.3 is 6.18 Å². The van der Waals surface area contributed by atoms with Crippen LogP contribution < -0.4 is 10.1 Å². The molecule has 1 unspecified atom stereocenters. The number of carbonyl (C=O) groups is 1. The zero-order valence-electron chi connectivity index (χ0n) is 12.5. The highest BCUT2D eigenvalue weighted by Crippen LogP contribution is 2.38. The number of fused-ring (bicyclic) bond motifs is 1. The minimum atomic E-state index is -4.67. The highest BCUT2D eigenvalue weighted by Gasteiger charge is 2.35. The second-order valence-electron chi connectivity index (χ2n) is 5.42. The first kappa shape index (κ1) is 17.8. The van der Waals surface area contributed by atoms with Crippen LogP contribution in [0.5, 0.6) is 5.88 Å². The van der Waals surface area contributed by atoms with Gasteiger partial charge in [0.05, 0.1) is 18.0 Å². The third kappa shape index (κ3) is 3.82. The molecule has 0 aliphatic carbocycles. The Morgan fingerprint density at radius 2 is 2.12 bits per heavy atom. The molecule has 4 nitrogen and oxygen atoms in total. The summed E-state index contributed by atoms with van der Waals surface area (Å²) in [6, 6.07) is 4.88. The summed E-state index contributed by atoms with van der Waals surface area (Å²) in [5.74, 6) is -0.215. The molecule has 2 heterocycles. The maximum atomic E-state index is 13.2. The first-order valence-corrected chi connectivity index (χ1v) is 7.93. The Morgan fingerprint density at radius 3 is 2.84 bits per heavy atom. The number of nitrogens with one attached hydrogen (secondary N) is 1. The van der Waals surface area contributed by atoms with Gasteiger partial charge in [0.2, 0.25) is 11.8 Å². The maximum Gasteiger partial charge on any atom is 0.416 e. The van der Waals surface area contributed by atoms with Crippen molar-refractivity contribution in [2.24, 2.45) is 0 Å². The number of halogens is 5. The quantitative estimate of drug-likeness (QED) is 0.854. The van der Waals surface area contributed by atoms with Gasteiger partial charge in [0.25, 0.3) is 0 Å². The number of ether oxygens (including phenoxy) is 1. The second kappa shape index (κ2) is 6.72. The summed E-state index contributed by atoms with van der Waals surface area (Å²) in [7, 11) is 0. The smallest absolute Gasteiger partial charge is 0.416 e. The van der Waals surface area contributed by atoms with Gasteiger partial charge in [-0.15, -0.1) is 0 Å². The molecule has 1 aliphatic heterocycles. The van der Waals surface area contributed by atoms with Crippen molar-refractivity contribution in [2.75, 3.05) is 6.61 Å². The van der Waals surface area contributed by atoms with Crippen molar-refractivity contribution in [3.63, 3.8) is 0 Å². The van der Waals surface area contributed by atoms with Crippen LogP contribution in [0.4, 0.5) is 13.2 Å². The summed E-state index contributed by atoms with van der Waals surface area (Å²) < 4.78 is 44.9. The van der Waals surface area contributed by atoms with Gasteiger partial charge in [0.1, 0.15) is 6.61 Å². The lowest BCUT2D eigenvalue weighted by atomic mass is 10.0. The lowest BCUT2D eigenvalue weighted by Crippen LogP contribution is -2.31. The molecule has 1 aromatic carbocycles. The Labute approximate surface area is 150 Å². The number of hydrogen-bond acceptors (Lipinski definition) is 3. The molecule has 0 radical (unpaired) electrons. The molecule has 9 heteroatoms. The molecule has 132 valence electrons. The minimum absolute atomic E-state index is 0.148. The van der Waals surface area contributed by atoms with E-state index in [1.165, 1.54) is 6.07 Å². The van der Waals surface area contributed by atoms with Crippen LogP contribution in [0.1, 0.15) is 22.7 Å². The van der Waals surface area contributed by atoms with Crippen molar-refractivity contribution in [1.29, 1.82) is 0 Å². The lowest BCUT2D eigenvalue weighted by Gasteiger charge is -2.16. The largest absolute Gasteiger partial charge is 0.475 e. The van der Waals surface area contributed by atoms with Crippen molar-refractivity contribution in [3.05, 3.63) is 57.2 Å². The third-order valence-electron chi connectivity index (χ3n) is 3.70. The average Bonchev–Trinajstić information content (AvgIpc) is 2.92. The van der Waals surface area contributed by atoms with Crippen molar-refractivity contribution in [1.82, 2.24) is 10.3 Å². The molecule has 3 rings (SSSR count). The summed E-state index contributed by atoms with van der Waals surface area (Å²) in [5, 5.41) is 2.29. The van der Waals surface area contributed by atoms with E-state index in [1.54, 1.807) is 18.3 Å². The van der Waals surface area contributed by atoms with E-state index >= 15 is 0 Å². The van der Waals surface area contributed by atoms with E-state index in [4.69, 9.17) is 27.9 Å². The third-order valence-corrected chi connectivity index (χ3v) is 4.26. The molecule has 1 atom stereocenters. The van der Waals surface area contributed by atoms with Crippen LogP contribution >= 0.6 is 23.2 Å². The Bertz CT molecular complexity index is 828. The average molecular weight is 391 g/mol. The number of aromatic nitrogens is 1. The monoisotopic (exact) mass is 390 g/mol. The van der Waals surface area contributed by atoms with Crippen LogP contribution in [0.25, 0.3) is 0 Å². The number of carbonyl (C=O) groups excluding carboxylic acids is 1. The highest BCUT2D eigenvalue weighted by atomic mass is 35.5. The molecule has 0 spiro atoms. The van der Waals surface area contributed by atoms with Crippen molar-refractivity contribution in [3.8, 4) is 5.88 Å². The van der Waals surface area contributed by atoms with Gasteiger partial charge < -0.3 is 10.1 Å². The Balaban J connectivity index is 1.81. The van der Waals surface area contributed by atoms with Gasteiger partial charge in [-0.25, -0.2) is 4.98 Å². The minimum Gasteiger partial charge on any atom is -0.475 e. The SMILES string of the molecule is O=C(Cc1c(Cl)cc(Cl)cc1C(F)(F)F)NC1COc2ncccc21. The van der Waals surface area contributed by atoms with E-state index in [2.05, 4.69) is 10.3 Å². The van der Waals surface area contributed by atoms with E-state index in [1.807, 2.05) is 0 Å². The summed E-state index contributed by atoms with van der Waals surface area (Å²) in [5.41, 5.74) is -0.666. The van der Waals surface area contributed by atoms with E-state index in [-0.39, 0.29) is 22.2 Å². The predicted molar refractivity (Wildman–Crippen MR) is 85.8 cm³/mol. The van der Waals surface area contributed by atoms with Gasteiger partial charge in [-0.2, -0.15) is 13.2 Å². The van der Waals surface area contributed by atoms with Gasteiger partial charge in [-0.05, 0) is 29.8 Å². The Hall–Kier alpha value is -1.99. The van der Waals surface area contributed by atoms with Crippen LogP contribution in [0, 0.1) is 0 Å². The number of rotatable bonds is 3. The van der Waals surface area contributed by atoms with Crippen LogP contribution in [0.3, 0.4) is 0 Å². The van der Waals surface area contributed by atoms with Crippen LogP contribution in [0.15, 0.2) is 30.5 Å². The number of amides is 1. The molecule has 0 saturated heterocycles. The molecule has 1 aliphatic rings. The maximum absolute atomic E-state index is 13.2. The van der Waals surface area contributed by atoms with E-state index in [9.17, 15) is 18.0 Å². The molecule has 1 amide bonds. The normalized spacial score (nSPS) is 16.3. The summed E-state index contributed by atoms with van der Waals surface area (Å²) in [6.07, 6.45) is -3.65. The van der Waals surface area contributed by atoms with E-state index in [0.29, 0.717) is 11.4 Å². The fourth-order valence-corrected chi connectivity index (χ4v) is 3.16. The fourth-order valence-electron chi connectivity index (χ4n) is 2.60. The number of benzene rings is 1. The summed E-state index contributed by atoms with van der Waals surface area (Å²) >= 11 is 11.5. The number of nitrogens with zero attached hydrogens (tertiary/aromatic N) is 1. The molecule has 2 aromatic rings. The molecule has 25 heavy (non-hydrogen) atoms. The molecule has 1 N–H and O–H groups in total. The molecular weight excluding hydrogens is 380 g/mol. The topological polar surface area (TPSA) is 51.2 Å². The van der Waals surface area contributed by atoms with Crippen LogP contribution in [-0.4, -0.2) is 17.5 Å². The van der Waals surface area contributed by atoms with E-state index in [0.717, 1.165) is 6.07 Å². The van der Waals surface area contributed by atoms with Crippen molar-refractivity contribution < 1.29 is 22.7 Å². The summed E-state index contributed by atoms with van der Waals surface area (Å²) in [6.45, 7) is 0.165. The first-order valence-electron chi connectivity index (χ1n) is 7.18. The first-order chi connectivity index (χ1) is 11.8. The Kier molecular flexibility index (Phi) is 4.79. The lowest BCUT2D eigenvalue weighted by molar-refractivity contribution is -0.138. The number of hydrogen-bond donors (Lipinski definition) is 1. The van der Waals surface area contributed by atoms with Gasteiger partial charge in [-0.3, -0.25) is 4.79 Å². The van der Waals surface area contributed by atoms with Crippen LogP contribution in [-0.2, 0) is 17.4 Å². The highest BCUT2D eigenvalue weighted by molar-refractivity contribution is 6.35. The van der Waals surface area contributed by atoms with Gasteiger partial charge in [-0.1, -0.05) is 23.2 Å². The molecule has 1 aromatic heterocycles. The van der Waals surface area contributed by atoms with Crippen LogP contribution in [0.2, 0.25) is 10.0 Å². The standard InChI is InChI=1S/C16H11Cl2F3N2O2/c17-8-4-11(16(19,20)21)10(12(18)5-8)6-14(24)23-13-7-25-15-9(13)2-1-3-22-15/h1-5,13H,6-7H2,(H,23,24). The molecular formula is C16H11Cl2F3N2O2. The van der Waals surface area contributed by atoms with Crippen molar-refractivity contribution >= 4 is 29.1 Å². The fraction of sp³-hybridized carbons (Fsp3) is 0.250. The predicted octanol–water partition coefficient (Wildman–Crippen LogP) is 4.20. The number of alkyl halides is 3. The zero-order chi connectivity index (χ0) is 18.2. The Morgan fingerprint density at radius 1 is 1.36 bits per heavy atom. The molecule has 0 bridgehead atoms. The van der Waals surface area contributed by atoms with Crippen molar-refractivity contribution in [2.45, 2.75) is 18.6 Å². The van der Waals surface area contributed by atoms with E-state index < -0.39 is 30.1 Å². The number of pyridine rings is 1. The molecule has 0 saturated carbocycles. The van der Waals surface area contributed by atoms with Gasteiger partial charge in [0, 0.05) is 21.8 Å².